The Labute approximate surface area is 79.5 Å². The predicted octanol–water partition coefficient (Wildman–Crippen LogP) is 2.47. The second-order valence-electron chi connectivity index (χ2n) is 3.33. The molecule has 0 saturated heterocycles. The first-order chi connectivity index (χ1) is 6.47. The van der Waals surface area contributed by atoms with E-state index in [1.165, 1.54) is 24.0 Å². The monoisotopic (exact) mass is 172 g/mol. The standard InChI is InChI=1S/C12H14N/c1-2-5-11(6-3-1)12-7-4-9-13-10-8-12/h1-3,5-6,8H,4,7,9-10H2. The van der Waals surface area contributed by atoms with Crippen LogP contribution in [0.3, 0.4) is 0 Å². The third-order valence-electron chi connectivity index (χ3n) is 2.37. The first kappa shape index (κ1) is 8.52. The lowest BCUT2D eigenvalue weighted by Crippen LogP contribution is -2.02. The highest BCUT2D eigenvalue weighted by Gasteiger charge is 2.03. The first-order valence-electron chi connectivity index (χ1n) is 4.84. The average Bonchev–Trinajstić information content (AvgIpc) is 2.47. The Balaban J connectivity index is 2.19. The highest BCUT2D eigenvalue weighted by molar-refractivity contribution is 5.65. The zero-order valence-electron chi connectivity index (χ0n) is 7.74. The number of rotatable bonds is 1. The van der Waals surface area contributed by atoms with E-state index in [4.69, 9.17) is 0 Å². The summed E-state index contributed by atoms with van der Waals surface area (Å²) < 4.78 is 0. The molecule has 0 aromatic heterocycles. The van der Waals surface area contributed by atoms with E-state index in [1.807, 2.05) is 0 Å². The Bertz CT molecular complexity index is 287. The van der Waals surface area contributed by atoms with Crippen LogP contribution in [0.25, 0.3) is 5.57 Å². The minimum Gasteiger partial charge on any atom is -0.238 e. The van der Waals surface area contributed by atoms with Crippen molar-refractivity contribution in [2.24, 2.45) is 0 Å². The molecule has 0 amide bonds. The lowest BCUT2D eigenvalue weighted by molar-refractivity contribution is 0.709. The zero-order valence-corrected chi connectivity index (χ0v) is 7.74. The summed E-state index contributed by atoms with van der Waals surface area (Å²) in [5.41, 5.74) is 2.82. The SMILES string of the molecule is C1=C(c2ccccc2)CCC[N]C1. The molecular formula is C12H14N. The summed E-state index contributed by atoms with van der Waals surface area (Å²) >= 11 is 0. The van der Waals surface area contributed by atoms with Crippen LogP contribution >= 0.6 is 0 Å². The van der Waals surface area contributed by atoms with Crippen LogP contribution in [0.1, 0.15) is 18.4 Å². The van der Waals surface area contributed by atoms with Crippen molar-refractivity contribution in [2.45, 2.75) is 12.8 Å². The zero-order chi connectivity index (χ0) is 8.93. The van der Waals surface area contributed by atoms with Gasteiger partial charge in [-0.3, -0.25) is 0 Å². The molecule has 0 N–H and O–H groups in total. The molecule has 0 fully saturated rings. The predicted molar refractivity (Wildman–Crippen MR) is 55.5 cm³/mol. The van der Waals surface area contributed by atoms with E-state index in [1.54, 1.807) is 0 Å². The summed E-state index contributed by atoms with van der Waals surface area (Å²) in [4.78, 5) is 0. The Morgan fingerprint density at radius 2 is 1.92 bits per heavy atom. The first-order valence-corrected chi connectivity index (χ1v) is 4.84. The number of allylic oxidation sites excluding steroid dienone is 1. The summed E-state index contributed by atoms with van der Waals surface area (Å²) in [6.45, 7) is 1.91. The molecule has 2 rings (SSSR count). The smallest absolute Gasteiger partial charge is 0.0320 e. The van der Waals surface area contributed by atoms with Crippen LogP contribution in [0, 0.1) is 0 Å². The Kier molecular flexibility index (Phi) is 2.78. The Morgan fingerprint density at radius 3 is 2.77 bits per heavy atom. The summed E-state index contributed by atoms with van der Waals surface area (Å²) in [5, 5.41) is 4.37. The maximum Gasteiger partial charge on any atom is 0.0320 e. The van der Waals surface area contributed by atoms with E-state index in [9.17, 15) is 0 Å². The van der Waals surface area contributed by atoms with Gasteiger partial charge in [0, 0.05) is 13.1 Å². The number of benzene rings is 1. The molecule has 1 nitrogen and oxygen atoms in total. The highest BCUT2D eigenvalue weighted by Crippen LogP contribution is 2.20. The van der Waals surface area contributed by atoms with Crippen molar-refractivity contribution >= 4 is 5.57 Å². The van der Waals surface area contributed by atoms with Crippen molar-refractivity contribution in [2.75, 3.05) is 13.1 Å². The Morgan fingerprint density at radius 1 is 1.08 bits per heavy atom. The summed E-state index contributed by atoms with van der Waals surface area (Å²) in [7, 11) is 0. The molecule has 0 saturated carbocycles. The molecule has 1 aliphatic heterocycles. The van der Waals surface area contributed by atoms with Gasteiger partial charge in [-0.05, 0) is 24.0 Å². The van der Waals surface area contributed by atoms with Crippen molar-refractivity contribution in [3.05, 3.63) is 42.0 Å². The molecule has 1 aromatic rings. The van der Waals surface area contributed by atoms with E-state index in [0.29, 0.717) is 0 Å². The van der Waals surface area contributed by atoms with Gasteiger partial charge in [0.1, 0.15) is 0 Å². The fraction of sp³-hybridized carbons (Fsp3) is 0.333. The second-order valence-corrected chi connectivity index (χ2v) is 3.33. The molecule has 0 atom stereocenters. The number of hydrogen-bond acceptors (Lipinski definition) is 0. The molecule has 67 valence electrons. The van der Waals surface area contributed by atoms with Crippen LogP contribution in [0.5, 0.6) is 0 Å². The van der Waals surface area contributed by atoms with Crippen LogP contribution in [0.15, 0.2) is 36.4 Å². The largest absolute Gasteiger partial charge is 0.238 e. The molecule has 0 spiro atoms. The van der Waals surface area contributed by atoms with Crippen LogP contribution in [-0.2, 0) is 0 Å². The van der Waals surface area contributed by atoms with Gasteiger partial charge in [0.25, 0.3) is 0 Å². The fourth-order valence-corrected chi connectivity index (χ4v) is 1.66. The van der Waals surface area contributed by atoms with Gasteiger partial charge >= 0.3 is 0 Å². The molecule has 1 aliphatic rings. The minimum atomic E-state index is 0.893. The van der Waals surface area contributed by atoms with E-state index in [2.05, 4.69) is 41.7 Å². The fourth-order valence-electron chi connectivity index (χ4n) is 1.66. The molecule has 13 heavy (non-hydrogen) atoms. The summed E-state index contributed by atoms with van der Waals surface area (Å²) in [5.74, 6) is 0. The van der Waals surface area contributed by atoms with Gasteiger partial charge in [0.05, 0.1) is 0 Å². The maximum atomic E-state index is 4.37. The van der Waals surface area contributed by atoms with Gasteiger partial charge in [-0.15, -0.1) is 0 Å². The van der Waals surface area contributed by atoms with Gasteiger partial charge in [0.2, 0.25) is 0 Å². The van der Waals surface area contributed by atoms with E-state index < -0.39 is 0 Å². The molecular weight excluding hydrogens is 158 g/mol. The molecule has 1 heteroatoms. The maximum absolute atomic E-state index is 4.37. The molecule has 0 unspecified atom stereocenters. The summed E-state index contributed by atoms with van der Waals surface area (Å²) in [6.07, 6.45) is 4.62. The number of nitrogens with zero attached hydrogens (tertiary/aromatic N) is 1. The van der Waals surface area contributed by atoms with Crippen LogP contribution in [0.4, 0.5) is 0 Å². The van der Waals surface area contributed by atoms with E-state index >= 15 is 0 Å². The van der Waals surface area contributed by atoms with Crippen LogP contribution in [-0.4, -0.2) is 13.1 Å². The second kappa shape index (κ2) is 4.24. The lowest BCUT2D eigenvalue weighted by Gasteiger charge is -2.03. The van der Waals surface area contributed by atoms with Gasteiger partial charge in [0.15, 0.2) is 0 Å². The third kappa shape index (κ3) is 2.19. The van der Waals surface area contributed by atoms with Gasteiger partial charge < -0.3 is 0 Å². The van der Waals surface area contributed by atoms with E-state index in [0.717, 1.165) is 13.1 Å². The average molecular weight is 172 g/mol. The quantitative estimate of drug-likeness (QED) is 0.618. The molecule has 0 aliphatic carbocycles. The third-order valence-corrected chi connectivity index (χ3v) is 2.37. The topological polar surface area (TPSA) is 14.1 Å². The van der Waals surface area contributed by atoms with Gasteiger partial charge in [-0.25, -0.2) is 5.32 Å². The van der Waals surface area contributed by atoms with E-state index in [-0.39, 0.29) is 0 Å². The van der Waals surface area contributed by atoms with Crippen molar-refractivity contribution < 1.29 is 0 Å². The minimum absolute atomic E-state index is 0.893. The number of hydrogen-bond donors (Lipinski definition) is 0. The van der Waals surface area contributed by atoms with Crippen molar-refractivity contribution in [1.82, 2.24) is 5.32 Å². The highest BCUT2D eigenvalue weighted by atomic mass is 14.8. The van der Waals surface area contributed by atoms with Crippen molar-refractivity contribution in [3.8, 4) is 0 Å². The molecule has 1 aromatic carbocycles. The van der Waals surface area contributed by atoms with Gasteiger partial charge in [-0.1, -0.05) is 36.4 Å². The lowest BCUT2D eigenvalue weighted by atomic mass is 10.0. The van der Waals surface area contributed by atoms with Crippen LogP contribution < -0.4 is 5.32 Å². The van der Waals surface area contributed by atoms with Gasteiger partial charge in [-0.2, -0.15) is 0 Å². The Hall–Kier alpha value is -1.08. The summed E-state index contributed by atoms with van der Waals surface area (Å²) in [6, 6.07) is 10.6. The normalized spacial score (nSPS) is 17.7. The van der Waals surface area contributed by atoms with Crippen LogP contribution in [0.2, 0.25) is 0 Å². The molecule has 0 bridgehead atoms. The van der Waals surface area contributed by atoms with Crippen molar-refractivity contribution in [1.29, 1.82) is 0 Å². The van der Waals surface area contributed by atoms with Crippen molar-refractivity contribution in [3.63, 3.8) is 0 Å². The molecule has 1 heterocycles. The molecule has 1 radical (unpaired) electrons.